The molecular weight excluding hydrogens is 396 g/mol. The van der Waals surface area contributed by atoms with Crippen LogP contribution in [0.15, 0.2) is 70.3 Å². The third-order valence-corrected chi connectivity index (χ3v) is 4.34. The summed E-state index contributed by atoms with van der Waals surface area (Å²) in [6.45, 7) is 2.98. The summed E-state index contributed by atoms with van der Waals surface area (Å²) in [6.07, 6.45) is 1.47. The van der Waals surface area contributed by atoms with Gasteiger partial charge >= 0.3 is 0 Å². The minimum atomic E-state index is -0.294. The van der Waals surface area contributed by atoms with Crippen LogP contribution in [0.4, 0.5) is 11.4 Å². The van der Waals surface area contributed by atoms with E-state index in [2.05, 4.69) is 20.9 Å². The van der Waals surface area contributed by atoms with Crippen molar-refractivity contribution in [2.24, 2.45) is 4.99 Å². The molecule has 0 saturated carbocycles. The highest BCUT2D eigenvalue weighted by atomic mass is 16.5. The van der Waals surface area contributed by atoms with E-state index in [9.17, 15) is 4.79 Å². The lowest BCUT2D eigenvalue weighted by Gasteiger charge is -2.15. The van der Waals surface area contributed by atoms with Crippen molar-refractivity contribution in [3.63, 3.8) is 0 Å². The van der Waals surface area contributed by atoms with Crippen molar-refractivity contribution in [2.75, 3.05) is 31.4 Å². The molecule has 0 unspecified atom stereocenters. The van der Waals surface area contributed by atoms with E-state index in [-0.39, 0.29) is 11.7 Å². The molecule has 0 atom stereocenters. The van der Waals surface area contributed by atoms with Gasteiger partial charge in [0.1, 0.15) is 0 Å². The van der Waals surface area contributed by atoms with Crippen LogP contribution >= 0.6 is 0 Å². The van der Waals surface area contributed by atoms with Gasteiger partial charge in [0.2, 0.25) is 0 Å². The molecule has 8 heteroatoms. The molecule has 1 heterocycles. The number of guanidine groups is 1. The highest BCUT2D eigenvalue weighted by molar-refractivity contribution is 6.02. The summed E-state index contributed by atoms with van der Waals surface area (Å²) in [6, 6.07) is 16.4. The maximum atomic E-state index is 12.2. The highest BCUT2D eigenvalue weighted by Crippen LogP contribution is 2.30. The van der Waals surface area contributed by atoms with E-state index in [0.717, 1.165) is 11.3 Å². The van der Waals surface area contributed by atoms with Crippen LogP contribution in [0.25, 0.3) is 0 Å². The first kappa shape index (κ1) is 21.8. The van der Waals surface area contributed by atoms with E-state index < -0.39 is 0 Å². The summed E-state index contributed by atoms with van der Waals surface area (Å²) in [5.41, 5.74) is 2.47. The minimum Gasteiger partial charge on any atom is -0.493 e. The van der Waals surface area contributed by atoms with Gasteiger partial charge in [-0.2, -0.15) is 0 Å². The second-order valence-corrected chi connectivity index (χ2v) is 6.48. The second kappa shape index (κ2) is 10.7. The molecule has 31 heavy (non-hydrogen) atoms. The number of nitrogens with one attached hydrogen (secondary N) is 3. The number of hydrogen-bond donors (Lipinski definition) is 3. The van der Waals surface area contributed by atoms with E-state index in [1.165, 1.54) is 6.26 Å². The SMILES string of the molecule is CCOc1cc(NC(=NC)NCc2cccc(NC(=O)c3ccco3)c2)ccc1OC. The monoisotopic (exact) mass is 422 g/mol. The maximum absolute atomic E-state index is 12.2. The average molecular weight is 422 g/mol. The first-order valence-electron chi connectivity index (χ1n) is 9.85. The lowest BCUT2D eigenvalue weighted by atomic mass is 10.2. The fourth-order valence-electron chi connectivity index (χ4n) is 2.88. The Labute approximate surface area is 181 Å². The predicted octanol–water partition coefficient (Wildman–Crippen LogP) is 4.13. The number of benzene rings is 2. The van der Waals surface area contributed by atoms with Crippen LogP contribution in [0, 0.1) is 0 Å². The van der Waals surface area contributed by atoms with Crippen molar-refractivity contribution in [1.29, 1.82) is 0 Å². The van der Waals surface area contributed by atoms with Gasteiger partial charge in [-0.15, -0.1) is 0 Å². The van der Waals surface area contributed by atoms with Crippen LogP contribution in [-0.4, -0.2) is 32.6 Å². The molecule has 3 N–H and O–H groups in total. The maximum Gasteiger partial charge on any atom is 0.291 e. The highest BCUT2D eigenvalue weighted by Gasteiger charge is 2.10. The molecule has 0 radical (unpaired) electrons. The molecule has 0 bridgehead atoms. The van der Waals surface area contributed by atoms with E-state index in [4.69, 9.17) is 13.9 Å². The molecule has 1 amide bonds. The lowest BCUT2D eigenvalue weighted by molar-refractivity contribution is 0.0996. The third-order valence-electron chi connectivity index (χ3n) is 4.34. The van der Waals surface area contributed by atoms with E-state index in [1.54, 1.807) is 26.3 Å². The van der Waals surface area contributed by atoms with Crippen molar-refractivity contribution in [3.8, 4) is 11.5 Å². The molecule has 3 aromatic rings. The summed E-state index contributed by atoms with van der Waals surface area (Å²) >= 11 is 0. The Morgan fingerprint density at radius 2 is 1.87 bits per heavy atom. The zero-order valence-corrected chi connectivity index (χ0v) is 17.8. The van der Waals surface area contributed by atoms with Crippen molar-refractivity contribution < 1.29 is 18.7 Å². The van der Waals surface area contributed by atoms with Crippen molar-refractivity contribution in [1.82, 2.24) is 5.32 Å². The number of furan rings is 1. The summed E-state index contributed by atoms with van der Waals surface area (Å²) in [5.74, 6) is 1.89. The number of methoxy groups -OCH3 is 1. The van der Waals surface area contributed by atoms with Crippen molar-refractivity contribution >= 4 is 23.2 Å². The number of nitrogens with zero attached hydrogens (tertiary/aromatic N) is 1. The number of ether oxygens (including phenoxy) is 2. The number of carbonyl (C=O) groups excluding carboxylic acids is 1. The van der Waals surface area contributed by atoms with Gasteiger partial charge in [-0.1, -0.05) is 12.1 Å². The molecule has 0 saturated heterocycles. The Kier molecular flexibility index (Phi) is 7.53. The van der Waals surface area contributed by atoms with Gasteiger partial charge in [0.25, 0.3) is 5.91 Å². The zero-order valence-electron chi connectivity index (χ0n) is 17.8. The molecule has 0 spiro atoms. The molecule has 0 aliphatic carbocycles. The molecular formula is C23H26N4O4. The number of aliphatic imine (C=N–C) groups is 1. The Morgan fingerprint density at radius 3 is 2.58 bits per heavy atom. The lowest BCUT2D eigenvalue weighted by Crippen LogP contribution is -2.30. The van der Waals surface area contributed by atoms with E-state index in [1.807, 2.05) is 49.4 Å². The molecule has 0 fully saturated rings. The third kappa shape index (κ3) is 6.02. The standard InChI is InChI=1S/C23H26N4O4/c1-4-30-21-14-18(10-11-19(21)29-3)27-23(24-2)25-15-16-7-5-8-17(13-16)26-22(28)20-9-6-12-31-20/h5-14H,4,15H2,1-3H3,(H,26,28)(H2,24,25,27). The summed E-state index contributed by atoms with van der Waals surface area (Å²) in [5, 5.41) is 9.32. The number of carbonyl (C=O) groups is 1. The summed E-state index contributed by atoms with van der Waals surface area (Å²) in [4.78, 5) is 16.4. The first-order valence-corrected chi connectivity index (χ1v) is 9.85. The summed E-state index contributed by atoms with van der Waals surface area (Å²) in [7, 11) is 3.30. The van der Waals surface area contributed by atoms with Crippen LogP contribution < -0.4 is 25.4 Å². The fourth-order valence-corrected chi connectivity index (χ4v) is 2.88. The minimum absolute atomic E-state index is 0.263. The molecule has 2 aromatic carbocycles. The Morgan fingerprint density at radius 1 is 1.03 bits per heavy atom. The Hall–Kier alpha value is -3.94. The van der Waals surface area contributed by atoms with Gasteiger partial charge in [0.15, 0.2) is 23.2 Å². The van der Waals surface area contributed by atoms with E-state index in [0.29, 0.717) is 36.3 Å². The van der Waals surface area contributed by atoms with Crippen molar-refractivity contribution in [3.05, 3.63) is 72.2 Å². The van der Waals surface area contributed by atoms with Crippen LogP contribution in [0.5, 0.6) is 11.5 Å². The Balaban J connectivity index is 1.61. The molecule has 1 aromatic heterocycles. The molecule has 0 aliphatic heterocycles. The topological polar surface area (TPSA) is 97.1 Å². The van der Waals surface area contributed by atoms with Crippen molar-refractivity contribution in [2.45, 2.75) is 13.5 Å². The Bertz CT molecular complexity index is 1030. The van der Waals surface area contributed by atoms with Crippen LogP contribution in [-0.2, 0) is 6.54 Å². The predicted molar refractivity (Wildman–Crippen MR) is 121 cm³/mol. The second-order valence-electron chi connectivity index (χ2n) is 6.48. The largest absolute Gasteiger partial charge is 0.493 e. The molecule has 0 aliphatic rings. The fraction of sp³-hybridized carbons (Fsp3) is 0.217. The van der Waals surface area contributed by atoms with Gasteiger partial charge in [-0.3, -0.25) is 9.79 Å². The zero-order chi connectivity index (χ0) is 22.1. The molecule has 8 nitrogen and oxygen atoms in total. The van der Waals surface area contributed by atoms with Crippen LogP contribution in [0.1, 0.15) is 23.0 Å². The first-order chi connectivity index (χ1) is 15.1. The molecule has 162 valence electrons. The number of anilines is 2. The number of hydrogen-bond acceptors (Lipinski definition) is 5. The smallest absolute Gasteiger partial charge is 0.291 e. The molecule has 3 rings (SSSR count). The average Bonchev–Trinajstić information content (AvgIpc) is 3.32. The normalized spacial score (nSPS) is 11.0. The number of amides is 1. The summed E-state index contributed by atoms with van der Waals surface area (Å²) < 4.78 is 16.1. The van der Waals surface area contributed by atoms with Gasteiger partial charge < -0.3 is 29.8 Å². The van der Waals surface area contributed by atoms with Gasteiger partial charge in [-0.05, 0) is 48.9 Å². The van der Waals surface area contributed by atoms with Crippen LogP contribution in [0.2, 0.25) is 0 Å². The quantitative estimate of drug-likeness (QED) is 0.373. The van der Waals surface area contributed by atoms with Crippen LogP contribution in [0.3, 0.4) is 0 Å². The van der Waals surface area contributed by atoms with E-state index >= 15 is 0 Å². The number of rotatable bonds is 8. The van der Waals surface area contributed by atoms with Gasteiger partial charge in [0, 0.05) is 31.0 Å². The van der Waals surface area contributed by atoms with Gasteiger partial charge in [-0.25, -0.2) is 0 Å². The van der Waals surface area contributed by atoms with Gasteiger partial charge in [0.05, 0.1) is 20.0 Å².